The van der Waals surface area contributed by atoms with E-state index in [0.717, 1.165) is 17.2 Å². The molecule has 0 fully saturated rings. The molecule has 0 saturated heterocycles. The summed E-state index contributed by atoms with van der Waals surface area (Å²) in [6.45, 7) is 2.12. The SMILES string of the molecule is Cc1ccc2cc3c(Nc4ccccc4)[nH][nH]c-3c2c1. The molecule has 4 rings (SSSR count). The molecular weight excluding hydrogens is 246 g/mol. The van der Waals surface area contributed by atoms with E-state index in [0.29, 0.717) is 0 Å². The number of para-hydroxylation sites is 1. The van der Waals surface area contributed by atoms with Crippen LogP contribution in [0.4, 0.5) is 11.5 Å². The van der Waals surface area contributed by atoms with Crippen LogP contribution in [0.15, 0.2) is 54.6 Å². The number of H-pyrrole nitrogens is 2. The first-order valence-electron chi connectivity index (χ1n) is 6.73. The first kappa shape index (κ1) is 11.2. The Balaban J connectivity index is 1.81. The summed E-state index contributed by atoms with van der Waals surface area (Å²) in [7, 11) is 0. The number of rotatable bonds is 2. The van der Waals surface area contributed by atoms with E-state index in [9.17, 15) is 0 Å². The fraction of sp³-hybridized carbons (Fsp3) is 0.0588. The average Bonchev–Trinajstić information content (AvgIpc) is 3.00. The zero-order valence-corrected chi connectivity index (χ0v) is 11.2. The van der Waals surface area contributed by atoms with Crippen molar-refractivity contribution in [3.63, 3.8) is 0 Å². The zero-order valence-electron chi connectivity index (χ0n) is 11.2. The third-order valence-corrected chi connectivity index (χ3v) is 3.67. The maximum Gasteiger partial charge on any atom is 0.132 e. The minimum absolute atomic E-state index is 1.00. The third-order valence-electron chi connectivity index (χ3n) is 3.67. The number of hydrogen-bond acceptors (Lipinski definition) is 1. The molecule has 0 bridgehead atoms. The first-order valence-corrected chi connectivity index (χ1v) is 6.73. The van der Waals surface area contributed by atoms with Crippen LogP contribution in [0, 0.1) is 6.92 Å². The molecule has 0 amide bonds. The Labute approximate surface area is 117 Å². The van der Waals surface area contributed by atoms with Crippen LogP contribution in [0.25, 0.3) is 22.0 Å². The van der Waals surface area contributed by atoms with Gasteiger partial charge in [0.2, 0.25) is 0 Å². The number of nitrogens with one attached hydrogen (secondary N) is 3. The third kappa shape index (κ3) is 1.67. The molecule has 20 heavy (non-hydrogen) atoms. The Bertz CT molecular complexity index is 839. The number of hydrogen-bond donors (Lipinski definition) is 3. The van der Waals surface area contributed by atoms with E-state index in [1.54, 1.807) is 0 Å². The molecule has 2 aliphatic rings. The molecule has 1 aliphatic carbocycles. The molecule has 3 heteroatoms. The summed E-state index contributed by atoms with van der Waals surface area (Å²) in [5.41, 5.74) is 4.69. The highest BCUT2D eigenvalue weighted by molar-refractivity contribution is 6.04. The van der Waals surface area contributed by atoms with Gasteiger partial charge in [-0.25, -0.2) is 0 Å². The van der Waals surface area contributed by atoms with Crippen molar-refractivity contribution in [2.24, 2.45) is 0 Å². The lowest BCUT2D eigenvalue weighted by Crippen LogP contribution is -1.90. The molecule has 2 aromatic carbocycles. The smallest absolute Gasteiger partial charge is 0.132 e. The summed E-state index contributed by atoms with van der Waals surface area (Å²) in [5.74, 6) is 1.00. The summed E-state index contributed by atoms with van der Waals surface area (Å²) in [4.78, 5) is 0. The second kappa shape index (κ2) is 4.17. The van der Waals surface area contributed by atoms with Crippen LogP contribution >= 0.6 is 0 Å². The minimum Gasteiger partial charge on any atom is -0.340 e. The van der Waals surface area contributed by atoms with Gasteiger partial charge in [0.15, 0.2) is 0 Å². The van der Waals surface area contributed by atoms with E-state index in [-0.39, 0.29) is 0 Å². The van der Waals surface area contributed by atoms with Gasteiger partial charge in [-0.05, 0) is 36.6 Å². The van der Waals surface area contributed by atoms with Gasteiger partial charge in [0.05, 0.1) is 5.69 Å². The molecule has 0 aromatic heterocycles. The summed E-state index contributed by atoms with van der Waals surface area (Å²) in [5, 5.41) is 12.4. The molecular formula is C17H15N3. The molecule has 98 valence electrons. The zero-order chi connectivity index (χ0) is 13.5. The second-order valence-electron chi connectivity index (χ2n) is 5.14. The number of fused-ring (bicyclic) bond motifs is 3. The Morgan fingerprint density at radius 1 is 0.900 bits per heavy atom. The molecule has 0 saturated carbocycles. The standard InChI is InChI=1S/C17H15N3/c1-11-7-8-12-10-15-16(14(12)9-11)19-20-17(15)18-13-5-3-2-4-6-13/h2-10,18-20H,1H3. The fourth-order valence-corrected chi connectivity index (χ4v) is 2.67. The summed E-state index contributed by atoms with van der Waals surface area (Å²) in [6, 6.07) is 18.9. The van der Waals surface area contributed by atoms with Gasteiger partial charge in [-0.3, -0.25) is 10.2 Å². The van der Waals surface area contributed by atoms with Gasteiger partial charge < -0.3 is 5.32 Å². The van der Waals surface area contributed by atoms with E-state index < -0.39 is 0 Å². The van der Waals surface area contributed by atoms with Crippen molar-refractivity contribution in [3.8, 4) is 11.3 Å². The predicted molar refractivity (Wildman–Crippen MR) is 83.7 cm³/mol. The lowest BCUT2D eigenvalue weighted by molar-refractivity contribution is 1.11. The summed E-state index contributed by atoms with van der Waals surface area (Å²) < 4.78 is 0. The normalized spacial score (nSPS) is 11.2. The molecule has 3 N–H and O–H groups in total. The average molecular weight is 261 g/mol. The second-order valence-corrected chi connectivity index (χ2v) is 5.14. The van der Waals surface area contributed by atoms with Gasteiger partial charge in [-0.1, -0.05) is 35.9 Å². The topological polar surface area (TPSA) is 43.6 Å². The van der Waals surface area contributed by atoms with Crippen LogP contribution in [-0.2, 0) is 0 Å². The lowest BCUT2D eigenvalue weighted by atomic mass is 10.1. The van der Waals surface area contributed by atoms with E-state index in [1.807, 2.05) is 18.2 Å². The fourth-order valence-electron chi connectivity index (χ4n) is 2.67. The summed E-state index contributed by atoms with van der Waals surface area (Å²) >= 11 is 0. The van der Waals surface area contributed by atoms with Gasteiger partial charge in [0.1, 0.15) is 5.82 Å². The van der Waals surface area contributed by atoms with Crippen molar-refractivity contribution in [1.29, 1.82) is 0 Å². The Morgan fingerprint density at radius 2 is 1.75 bits per heavy atom. The quantitative estimate of drug-likeness (QED) is 0.483. The monoisotopic (exact) mass is 261 g/mol. The molecule has 0 unspecified atom stereocenters. The van der Waals surface area contributed by atoms with E-state index in [4.69, 9.17) is 0 Å². The molecule has 0 atom stereocenters. The molecule has 1 heterocycles. The van der Waals surface area contributed by atoms with Crippen molar-refractivity contribution in [2.75, 3.05) is 5.32 Å². The molecule has 2 aromatic rings. The number of anilines is 2. The highest BCUT2D eigenvalue weighted by Gasteiger charge is 2.16. The van der Waals surface area contributed by atoms with Crippen LogP contribution in [0.3, 0.4) is 0 Å². The van der Waals surface area contributed by atoms with Gasteiger partial charge >= 0.3 is 0 Å². The number of aromatic nitrogens is 2. The molecule has 0 spiro atoms. The Kier molecular flexibility index (Phi) is 2.33. The number of aryl methyl sites for hydroxylation is 1. The van der Waals surface area contributed by atoms with E-state index >= 15 is 0 Å². The van der Waals surface area contributed by atoms with Gasteiger partial charge in [-0.15, -0.1) is 0 Å². The Morgan fingerprint density at radius 3 is 2.60 bits per heavy atom. The van der Waals surface area contributed by atoms with Crippen LogP contribution < -0.4 is 5.32 Å². The van der Waals surface area contributed by atoms with Crippen molar-refractivity contribution in [2.45, 2.75) is 6.92 Å². The first-order chi connectivity index (χ1) is 9.81. The van der Waals surface area contributed by atoms with E-state index in [2.05, 4.69) is 58.8 Å². The largest absolute Gasteiger partial charge is 0.340 e. The van der Waals surface area contributed by atoms with E-state index in [1.165, 1.54) is 21.9 Å². The molecule has 0 radical (unpaired) electrons. The van der Waals surface area contributed by atoms with Crippen molar-refractivity contribution >= 4 is 22.3 Å². The highest BCUT2D eigenvalue weighted by Crippen LogP contribution is 2.38. The molecule has 3 nitrogen and oxygen atoms in total. The summed E-state index contributed by atoms with van der Waals surface area (Å²) in [6.07, 6.45) is 0. The van der Waals surface area contributed by atoms with Crippen molar-refractivity contribution in [1.82, 2.24) is 10.2 Å². The van der Waals surface area contributed by atoms with Crippen LogP contribution in [0.2, 0.25) is 0 Å². The minimum atomic E-state index is 1.00. The molecule has 1 aliphatic heterocycles. The predicted octanol–water partition coefficient (Wildman–Crippen LogP) is 4.65. The van der Waals surface area contributed by atoms with Crippen LogP contribution in [-0.4, -0.2) is 10.2 Å². The highest BCUT2D eigenvalue weighted by atomic mass is 15.2. The number of benzene rings is 2. The van der Waals surface area contributed by atoms with Crippen molar-refractivity contribution in [3.05, 3.63) is 60.2 Å². The lowest BCUT2D eigenvalue weighted by Gasteiger charge is -2.03. The van der Waals surface area contributed by atoms with Crippen LogP contribution in [0.1, 0.15) is 5.56 Å². The Hall–Kier alpha value is -2.68. The maximum atomic E-state index is 3.42. The maximum absolute atomic E-state index is 3.42. The number of aromatic amines is 2. The van der Waals surface area contributed by atoms with Crippen molar-refractivity contribution < 1.29 is 0 Å². The van der Waals surface area contributed by atoms with Crippen LogP contribution in [0.5, 0.6) is 0 Å². The van der Waals surface area contributed by atoms with Gasteiger partial charge in [0.25, 0.3) is 0 Å². The van der Waals surface area contributed by atoms with Gasteiger partial charge in [-0.2, -0.15) is 0 Å². The van der Waals surface area contributed by atoms with Gasteiger partial charge in [0, 0.05) is 16.6 Å².